The Labute approximate surface area is 239 Å². The molecule has 41 heavy (non-hydrogen) atoms. The molecule has 1 atom stereocenters. The number of benzene rings is 5. The Morgan fingerprint density at radius 3 is 2.07 bits per heavy atom. The van der Waals surface area contributed by atoms with Crippen LogP contribution < -0.4 is 0 Å². The molecular formula is C38H34N2O. The summed E-state index contributed by atoms with van der Waals surface area (Å²) in [5, 5.41) is 7.66. The molecule has 3 nitrogen and oxygen atoms in total. The van der Waals surface area contributed by atoms with Gasteiger partial charge < -0.3 is 13.6 Å². The summed E-state index contributed by atoms with van der Waals surface area (Å²) in [6.45, 7) is 5.71. The molecule has 0 amide bonds. The average molecular weight is 535 g/mol. The van der Waals surface area contributed by atoms with E-state index in [4.69, 9.17) is 4.42 Å². The van der Waals surface area contributed by atoms with Crippen LogP contribution in [0.5, 0.6) is 0 Å². The first-order chi connectivity index (χ1) is 20.3. The Bertz CT molecular complexity index is 2220. The highest BCUT2D eigenvalue weighted by Gasteiger charge is 2.21. The molecular weight excluding hydrogens is 500 g/mol. The summed E-state index contributed by atoms with van der Waals surface area (Å²) in [5.74, 6) is 0.683. The van der Waals surface area contributed by atoms with Crippen LogP contribution in [0, 0.1) is 5.92 Å². The predicted molar refractivity (Wildman–Crippen MR) is 174 cm³/mol. The monoisotopic (exact) mass is 534 g/mol. The molecule has 5 aromatic carbocycles. The zero-order valence-corrected chi connectivity index (χ0v) is 23.7. The number of para-hydroxylation sites is 3. The van der Waals surface area contributed by atoms with Crippen molar-refractivity contribution < 1.29 is 4.42 Å². The van der Waals surface area contributed by atoms with E-state index in [0.717, 1.165) is 34.2 Å². The lowest BCUT2D eigenvalue weighted by Crippen LogP contribution is -2.10. The number of nitrogens with zero attached hydrogens (tertiary/aromatic N) is 2. The van der Waals surface area contributed by atoms with Gasteiger partial charge in [-0.1, -0.05) is 87.7 Å². The number of furan rings is 1. The molecule has 3 heterocycles. The minimum atomic E-state index is 0.683. The smallest absolute Gasteiger partial charge is 0.135 e. The second-order valence-electron chi connectivity index (χ2n) is 11.5. The third-order valence-electron chi connectivity index (χ3n) is 9.17. The van der Waals surface area contributed by atoms with Gasteiger partial charge >= 0.3 is 0 Å². The molecule has 0 aliphatic carbocycles. The second kappa shape index (κ2) is 9.55. The van der Waals surface area contributed by atoms with Crippen molar-refractivity contribution >= 4 is 65.6 Å². The Balaban J connectivity index is 1.43. The lowest BCUT2D eigenvalue weighted by Gasteiger charge is -2.17. The summed E-state index contributed by atoms with van der Waals surface area (Å²) in [6, 6.07) is 37.5. The molecule has 202 valence electrons. The molecule has 0 spiro atoms. The number of fused-ring (bicyclic) bond motifs is 10. The van der Waals surface area contributed by atoms with Crippen molar-refractivity contribution in [3.05, 3.63) is 103 Å². The minimum absolute atomic E-state index is 0.683. The topological polar surface area (TPSA) is 23.0 Å². The Hall–Kier alpha value is -4.50. The molecule has 0 bridgehead atoms. The maximum absolute atomic E-state index is 6.16. The number of unbranched alkanes of at least 4 members (excludes halogenated alkanes) is 1. The van der Waals surface area contributed by atoms with E-state index in [1.54, 1.807) is 0 Å². The highest BCUT2D eigenvalue weighted by Crippen LogP contribution is 2.42. The van der Waals surface area contributed by atoms with Gasteiger partial charge in [0, 0.05) is 55.6 Å². The van der Waals surface area contributed by atoms with E-state index in [1.807, 2.05) is 12.1 Å². The van der Waals surface area contributed by atoms with Crippen molar-refractivity contribution in [1.82, 2.24) is 9.13 Å². The van der Waals surface area contributed by atoms with Gasteiger partial charge in [0.1, 0.15) is 11.2 Å². The van der Waals surface area contributed by atoms with Gasteiger partial charge in [0.05, 0.1) is 11.0 Å². The molecule has 0 radical (unpaired) electrons. The van der Waals surface area contributed by atoms with Crippen molar-refractivity contribution in [1.29, 1.82) is 0 Å². The van der Waals surface area contributed by atoms with E-state index < -0.39 is 0 Å². The third-order valence-corrected chi connectivity index (χ3v) is 9.17. The summed E-state index contributed by atoms with van der Waals surface area (Å²) >= 11 is 0. The van der Waals surface area contributed by atoms with Gasteiger partial charge in [-0.05, 0) is 60.9 Å². The highest BCUT2D eigenvalue weighted by atomic mass is 16.3. The molecule has 0 saturated carbocycles. The maximum atomic E-state index is 6.16. The van der Waals surface area contributed by atoms with Gasteiger partial charge in [-0.3, -0.25) is 0 Å². The fourth-order valence-corrected chi connectivity index (χ4v) is 7.10. The minimum Gasteiger partial charge on any atom is -0.456 e. The lowest BCUT2D eigenvalue weighted by atomic mass is 9.99. The van der Waals surface area contributed by atoms with Gasteiger partial charge in [-0.2, -0.15) is 0 Å². The van der Waals surface area contributed by atoms with E-state index in [0.29, 0.717) is 5.92 Å². The van der Waals surface area contributed by atoms with Crippen molar-refractivity contribution in [3.63, 3.8) is 0 Å². The first-order valence-electron chi connectivity index (χ1n) is 15.1. The molecule has 0 N–H and O–H groups in total. The van der Waals surface area contributed by atoms with Crippen molar-refractivity contribution in [2.45, 2.75) is 46.1 Å². The van der Waals surface area contributed by atoms with Crippen molar-refractivity contribution in [3.8, 4) is 5.69 Å². The predicted octanol–water partition coefficient (Wildman–Crippen LogP) is 11.0. The first-order valence-corrected chi connectivity index (χ1v) is 15.1. The highest BCUT2D eigenvalue weighted by molar-refractivity contribution is 6.28. The van der Waals surface area contributed by atoms with E-state index in [1.165, 1.54) is 69.3 Å². The standard InChI is InChI=1S/C38H34N2O/c1-3-5-12-25(4-2)24-39-31-16-9-6-14-28(31)37-33(39)20-21-34-38(37)29-15-7-10-17-32(29)40(34)26-19-22-36-30(23-26)27-13-8-11-18-35(27)41-36/h6-11,13-23,25H,3-5,12,24H2,1-2H3. The fraction of sp³-hybridized carbons (Fsp3) is 0.211. The maximum Gasteiger partial charge on any atom is 0.135 e. The number of hydrogen-bond acceptors (Lipinski definition) is 1. The number of rotatable bonds is 7. The van der Waals surface area contributed by atoms with Crippen LogP contribution in [0.25, 0.3) is 71.2 Å². The van der Waals surface area contributed by atoms with Gasteiger partial charge in [-0.15, -0.1) is 0 Å². The van der Waals surface area contributed by atoms with Gasteiger partial charge in [0.2, 0.25) is 0 Å². The molecule has 8 rings (SSSR count). The molecule has 8 aromatic rings. The van der Waals surface area contributed by atoms with Gasteiger partial charge in [0.25, 0.3) is 0 Å². The molecule has 0 fully saturated rings. The normalized spacial score (nSPS) is 13.0. The van der Waals surface area contributed by atoms with Crippen LogP contribution in [0.3, 0.4) is 0 Å². The van der Waals surface area contributed by atoms with Gasteiger partial charge in [0.15, 0.2) is 0 Å². The summed E-state index contributed by atoms with van der Waals surface area (Å²) in [5.41, 5.74) is 8.17. The van der Waals surface area contributed by atoms with Crippen LogP contribution in [-0.2, 0) is 6.54 Å². The van der Waals surface area contributed by atoms with E-state index in [9.17, 15) is 0 Å². The van der Waals surface area contributed by atoms with E-state index in [-0.39, 0.29) is 0 Å². The molecule has 0 aliphatic heterocycles. The summed E-state index contributed by atoms with van der Waals surface area (Å²) in [4.78, 5) is 0. The van der Waals surface area contributed by atoms with Crippen molar-refractivity contribution in [2.75, 3.05) is 0 Å². The number of aromatic nitrogens is 2. The molecule has 0 aliphatic rings. The van der Waals surface area contributed by atoms with E-state index in [2.05, 4.69) is 114 Å². The second-order valence-corrected chi connectivity index (χ2v) is 11.5. The van der Waals surface area contributed by atoms with Gasteiger partial charge in [-0.25, -0.2) is 0 Å². The zero-order valence-electron chi connectivity index (χ0n) is 23.7. The summed E-state index contributed by atoms with van der Waals surface area (Å²) in [6.07, 6.45) is 5.04. The van der Waals surface area contributed by atoms with Crippen molar-refractivity contribution in [2.24, 2.45) is 5.92 Å². The fourth-order valence-electron chi connectivity index (χ4n) is 7.10. The van der Waals surface area contributed by atoms with Crippen LogP contribution in [0.4, 0.5) is 0 Å². The largest absolute Gasteiger partial charge is 0.456 e. The van der Waals surface area contributed by atoms with E-state index >= 15 is 0 Å². The molecule has 3 aromatic heterocycles. The van der Waals surface area contributed by atoms with Crippen LogP contribution in [-0.4, -0.2) is 9.13 Å². The Morgan fingerprint density at radius 2 is 1.27 bits per heavy atom. The summed E-state index contributed by atoms with van der Waals surface area (Å²) in [7, 11) is 0. The lowest BCUT2D eigenvalue weighted by molar-refractivity contribution is 0.401. The van der Waals surface area contributed by atoms with Crippen LogP contribution in [0.15, 0.2) is 108 Å². The average Bonchev–Trinajstić information content (AvgIpc) is 3.66. The SMILES string of the molecule is CCCCC(CC)Cn1c2ccccc2c2c3c4ccccc4n(-c4ccc5oc6ccccc6c5c4)c3ccc21. The molecule has 3 heteroatoms. The molecule has 1 unspecified atom stereocenters. The van der Waals surface area contributed by atoms with Crippen LogP contribution in [0.1, 0.15) is 39.5 Å². The quantitative estimate of drug-likeness (QED) is 0.199. The number of hydrogen-bond donors (Lipinski definition) is 0. The van der Waals surface area contributed by atoms with Crippen LogP contribution in [0.2, 0.25) is 0 Å². The zero-order chi connectivity index (χ0) is 27.5. The summed E-state index contributed by atoms with van der Waals surface area (Å²) < 4.78 is 11.2. The Kier molecular flexibility index (Phi) is 5.67. The third kappa shape index (κ3) is 3.65. The molecule has 0 saturated heterocycles. The van der Waals surface area contributed by atoms with Crippen LogP contribution >= 0.6 is 0 Å². The Morgan fingerprint density at radius 1 is 0.610 bits per heavy atom. The first kappa shape index (κ1) is 24.3.